The Balaban J connectivity index is 2.24. The predicted molar refractivity (Wildman–Crippen MR) is 78.7 cm³/mol. The first kappa shape index (κ1) is 14.4. The summed E-state index contributed by atoms with van der Waals surface area (Å²) in [6.07, 6.45) is 2.99. The Morgan fingerprint density at radius 1 is 0.900 bits per heavy atom. The molecule has 0 spiro atoms. The van der Waals surface area contributed by atoms with E-state index >= 15 is 0 Å². The lowest BCUT2D eigenvalue weighted by atomic mass is 10.1. The van der Waals surface area contributed by atoms with Crippen molar-refractivity contribution in [3.63, 3.8) is 0 Å². The number of nitrogens with zero attached hydrogens (tertiary/aromatic N) is 1. The minimum Gasteiger partial charge on any atom is -0.628 e. The summed E-state index contributed by atoms with van der Waals surface area (Å²) in [4.78, 5) is 0. The maximum atomic E-state index is 13.4. The van der Waals surface area contributed by atoms with Gasteiger partial charge in [0.15, 0.2) is 0 Å². The lowest BCUT2D eigenvalue weighted by Gasteiger charge is -2.33. The van der Waals surface area contributed by atoms with Gasteiger partial charge in [0.2, 0.25) is 0 Å². The summed E-state index contributed by atoms with van der Waals surface area (Å²) in [5.74, 6) is -1.20. The van der Waals surface area contributed by atoms with E-state index in [0.717, 1.165) is 5.56 Å². The van der Waals surface area contributed by atoms with Gasteiger partial charge in [-0.15, -0.1) is 0 Å². The number of hydrogen-bond acceptors (Lipinski definition) is 1. The maximum absolute atomic E-state index is 13.4. The fourth-order valence-electron chi connectivity index (χ4n) is 1.79. The summed E-state index contributed by atoms with van der Waals surface area (Å²) < 4.78 is 26.4. The van der Waals surface area contributed by atoms with E-state index in [-0.39, 0.29) is 5.56 Å². The Kier molecular flexibility index (Phi) is 3.97. The normalized spacial score (nSPS) is 12.1. The van der Waals surface area contributed by atoms with Crippen LogP contribution in [0.3, 0.4) is 0 Å². The van der Waals surface area contributed by atoms with Crippen LogP contribution in [0, 0.1) is 16.8 Å². The molecule has 0 amide bonds. The Bertz CT molecular complexity index is 608. The second-order valence-electron chi connectivity index (χ2n) is 4.91. The summed E-state index contributed by atoms with van der Waals surface area (Å²) in [5.41, 5.74) is 1.31. The molecule has 2 nitrogen and oxygen atoms in total. The molecule has 104 valence electrons. The first-order valence-electron chi connectivity index (χ1n) is 6.15. The van der Waals surface area contributed by atoms with Crippen LogP contribution < -0.4 is 4.65 Å². The van der Waals surface area contributed by atoms with Crippen molar-refractivity contribution in [2.75, 3.05) is 14.1 Å². The van der Waals surface area contributed by atoms with Crippen molar-refractivity contribution in [2.45, 2.75) is 0 Å². The molecule has 20 heavy (non-hydrogen) atoms. The highest BCUT2D eigenvalue weighted by Gasteiger charge is 2.07. The monoisotopic (exact) mass is 275 g/mol. The molecule has 2 aromatic rings. The average molecular weight is 275 g/mol. The van der Waals surface area contributed by atoms with Crippen molar-refractivity contribution in [3.8, 4) is 0 Å². The van der Waals surface area contributed by atoms with Crippen molar-refractivity contribution < 1.29 is 8.78 Å². The van der Waals surface area contributed by atoms with Crippen LogP contribution in [-0.2, 0) is 0 Å². The molecule has 0 atom stereocenters. The molecule has 0 heterocycles. The zero-order valence-corrected chi connectivity index (χ0v) is 11.3. The number of halogens is 2. The topological polar surface area (TPSA) is 23.1 Å². The fraction of sp³-hybridized carbons (Fsp3) is 0.125. The number of hydroxylamine groups is 2. The highest BCUT2D eigenvalue weighted by atomic mass is 19.1. The Hall–Kier alpha value is -2.04. The first-order valence-corrected chi connectivity index (χ1v) is 6.15. The van der Waals surface area contributed by atoms with Crippen LogP contribution in [0.4, 0.5) is 14.5 Å². The third kappa shape index (κ3) is 3.29. The van der Waals surface area contributed by atoms with E-state index in [4.69, 9.17) is 0 Å². The molecule has 0 unspecified atom stereocenters. The van der Waals surface area contributed by atoms with Gasteiger partial charge in [-0.05, 0) is 48.0 Å². The van der Waals surface area contributed by atoms with E-state index in [2.05, 4.69) is 0 Å². The van der Waals surface area contributed by atoms with Crippen LogP contribution in [0.25, 0.3) is 12.2 Å². The van der Waals surface area contributed by atoms with Gasteiger partial charge in [0.05, 0.1) is 14.1 Å². The van der Waals surface area contributed by atoms with Gasteiger partial charge in [0.25, 0.3) is 0 Å². The van der Waals surface area contributed by atoms with Crippen LogP contribution in [-0.4, -0.2) is 14.1 Å². The Labute approximate surface area is 116 Å². The molecule has 0 aromatic heterocycles. The summed E-state index contributed by atoms with van der Waals surface area (Å²) in [5, 5.41) is 11.7. The highest BCUT2D eigenvalue weighted by molar-refractivity contribution is 5.70. The molecule has 2 aromatic carbocycles. The molecule has 2 rings (SSSR count). The van der Waals surface area contributed by atoms with Crippen molar-refractivity contribution in [2.24, 2.45) is 0 Å². The van der Waals surface area contributed by atoms with E-state index in [1.807, 2.05) is 0 Å². The largest absolute Gasteiger partial charge is 0.628 e. The molecular formula is C16H15F2NO. The van der Waals surface area contributed by atoms with E-state index in [0.29, 0.717) is 5.69 Å². The van der Waals surface area contributed by atoms with E-state index in [1.54, 1.807) is 30.3 Å². The Morgan fingerprint density at radius 3 is 1.95 bits per heavy atom. The molecule has 4 heteroatoms. The smallest absolute Gasteiger partial charge is 0.133 e. The summed E-state index contributed by atoms with van der Waals surface area (Å²) >= 11 is 0. The lowest BCUT2D eigenvalue weighted by molar-refractivity contribution is 0.543. The minimum absolute atomic E-state index is 0.0727. The molecule has 0 bridgehead atoms. The SMILES string of the molecule is C[N+](C)([O-])c1ccc(C=Cc2c(F)cccc2F)cc1. The van der Waals surface area contributed by atoms with Gasteiger partial charge in [-0.1, -0.05) is 12.1 Å². The predicted octanol–water partition coefficient (Wildman–Crippen LogP) is 4.20. The third-order valence-electron chi connectivity index (χ3n) is 2.96. The second kappa shape index (κ2) is 5.53. The number of hydrogen-bond donors (Lipinski definition) is 0. The lowest BCUT2D eigenvalue weighted by Crippen LogP contribution is -2.32. The number of quaternary nitrogens is 1. The third-order valence-corrected chi connectivity index (χ3v) is 2.96. The molecule has 0 saturated heterocycles. The van der Waals surface area contributed by atoms with Crippen molar-refractivity contribution >= 4 is 17.8 Å². The molecule has 0 fully saturated rings. The first-order chi connectivity index (χ1) is 9.38. The molecule has 0 aliphatic heterocycles. The van der Waals surface area contributed by atoms with Crippen LogP contribution in [0.2, 0.25) is 0 Å². The molecule has 0 aliphatic rings. The fourth-order valence-corrected chi connectivity index (χ4v) is 1.79. The van der Waals surface area contributed by atoms with E-state index < -0.39 is 16.3 Å². The van der Waals surface area contributed by atoms with E-state index in [1.165, 1.54) is 38.4 Å². The number of rotatable bonds is 3. The summed E-state index contributed by atoms with van der Waals surface area (Å²) in [7, 11) is 3.05. The molecule has 0 N–H and O–H groups in total. The van der Waals surface area contributed by atoms with E-state index in [9.17, 15) is 14.0 Å². The number of benzene rings is 2. The van der Waals surface area contributed by atoms with Crippen molar-refractivity contribution in [1.82, 2.24) is 4.65 Å². The van der Waals surface area contributed by atoms with Gasteiger partial charge < -0.3 is 9.85 Å². The second-order valence-corrected chi connectivity index (χ2v) is 4.91. The molecule has 0 radical (unpaired) electrons. The van der Waals surface area contributed by atoms with Gasteiger partial charge in [0, 0.05) is 5.56 Å². The quantitative estimate of drug-likeness (QED) is 0.467. The average Bonchev–Trinajstić information content (AvgIpc) is 2.37. The minimum atomic E-state index is -0.602. The van der Waals surface area contributed by atoms with Gasteiger partial charge in [-0.25, -0.2) is 8.78 Å². The molecular weight excluding hydrogens is 260 g/mol. The maximum Gasteiger partial charge on any atom is 0.133 e. The summed E-state index contributed by atoms with van der Waals surface area (Å²) in [6.45, 7) is 0. The zero-order chi connectivity index (χ0) is 14.8. The van der Waals surface area contributed by atoms with Gasteiger partial charge >= 0.3 is 0 Å². The van der Waals surface area contributed by atoms with Crippen LogP contribution >= 0.6 is 0 Å². The van der Waals surface area contributed by atoms with Crippen LogP contribution in [0.15, 0.2) is 42.5 Å². The summed E-state index contributed by atoms with van der Waals surface area (Å²) in [6, 6.07) is 10.6. The highest BCUT2D eigenvalue weighted by Crippen LogP contribution is 2.20. The Morgan fingerprint density at radius 2 is 1.45 bits per heavy atom. The van der Waals surface area contributed by atoms with Crippen LogP contribution in [0.1, 0.15) is 11.1 Å². The van der Waals surface area contributed by atoms with Crippen LogP contribution in [0.5, 0.6) is 0 Å². The van der Waals surface area contributed by atoms with Gasteiger partial charge in [-0.2, -0.15) is 0 Å². The van der Waals surface area contributed by atoms with Gasteiger partial charge in [0.1, 0.15) is 17.3 Å². The molecule has 0 aliphatic carbocycles. The standard InChI is InChI=1S/C16H15F2NO/c1-19(2,20)13-9-6-12(7-10-13)8-11-14-15(17)4-3-5-16(14)18/h3-11H,1-2H3. The molecule has 0 saturated carbocycles. The van der Waals surface area contributed by atoms with Crippen molar-refractivity contribution in [3.05, 3.63) is 70.4 Å². The van der Waals surface area contributed by atoms with Crippen molar-refractivity contribution in [1.29, 1.82) is 0 Å². The zero-order valence-electron chi connectivity index (χ0n) is 11.3. The van der Waals surface area contributed by atoms with Gasteiger partial charge in [-0.3, -0.25) is 0 Å².